The first-order chi connectivity index (χ1) is 12.7. The van der Waals surface area contributed by atoms with Crippen LogP contribution in [-0.2, 0) is 0 Å². The van der Waals surface area contributed by atoms with Crippen LogP contribution in [-0.4, -0.2) is 39.1 Å². The van der Waals surface area contributed by atoms with Crippen molar-refractivity contribution in [2.75, 3.05) is 7.05 Å². The second-order valence-corrected chi connectivity index (χ2v) is 5.87. The first-order valence-corrected chi connectivity index (χ1v) is 8.20. The minimum absolute atomic E-state index is 0.212. The Balaban J connectivity index is 1.77. The van der Waals surface area contributed by atoms with E-state index in [1.807, 2.05) is 54.6 Å². The smallest absolute Gasteiger partial charge is 0.290 e. The molecule has 2 aromatic heterocycles. The molecule has 128 valence electrons. The van der Waals surface area contributed by atoms with E-state index in [2.05, 4.69) is 20.1 Å². The van der Waals surface area contributed by atoms with E-state index in [1.165, 1.54) is 5.01 Å². The Bertz CT molecular complexity index is 1060. The van der Waals surface area contributed by atoms with Gasteiger partial charge in [-0.1, -0.05) is 48.5 Å². The Kier molecular flexibility index (Phi) is 4.07. The maximum atomic E-state index is 13.0. The predicted octanol–water partition coefficient (Wildman–Crippen LogP) is 3.66. The van der Waals surface area contributed by atoms with Gasteiger partial charge in [-0.15, -0.1) is 0 Å². The van der Waals surface area contributed by atoms with Gasteiger partial charge in [0.05, 0.1) is 24.4 Å². The maximum Gasteiger partial charge on any atom is 0.290 e. The third kappa shape index (κ3) is 2.88. The highest BCUT2D eigenvalue weighted by Gasteiger charge is 2.21. The number of hydrogen-bond acceptors (Lipinski definition) is 3. The van der Waals surface area contributed by atoms with E-state index in [0.29, 0.717) is 5.69 Å². The molecule has 0 saturated carbocycles. The summed E-state index contributed by atoms with van der Waals surface area (Å²) in [6, 6.07) is 17.8. The summed E-state index contributed by atoms with van der Waals surface area (Å²) in [5.41, 5.74) is 4.03. The quantitative estimate of drug-likeness (QED) is 0.438. The standard InChI is InChI=1S/C20H17N5O/c1-25(23-12-15-11-21-13-22-15)20(26)19-18(14-7-3-2-4-8-14)16-9-5-6-10-17(16)24-19/h2-13,24H,1H3,(H,21,22)/b23-12-. The van der Waals surface area contributed by atoms with Crippen LogP contribution in [0.3, 0.4) is 0 Å². The normalized spacial score (nSPS) is 11.3. The molecule has 0 aliphatic rings. The average molecular weight is 343 g/mol. The van der Waals surface area contributed by atoms with Crippen LogP contribution in [0.2, 0.25) is 0 Å². The third-order valence-electron chi connectivity index (χ3n) is 4.17. The van der Waals surface area contributed by atoms with Crippen LogP contribution in [0.25, 0.3) is 22.0 Å². The molecule has 26 heavy (non-hydrogen) atoms. The zero-order valence-corrected chi connectivity index (χ0v) is 14.2. The van der Waals surface area contributed by atoms with Crippen LogP contribution in [0.1, 0.15) is 16.2 Å². The van der Waals surface area contributed by atoms with Crippen LogP contribution < -0.4 is 0 Å². The molecule has 0 unspecified atom stereocenters. The van der Waals surface area contributed by atoms with Crippen molar-refractivity contribution in [2.24, 2.45) is 5.10 Å². The highest BCUT2D eigenvalue weighted by molar-refractivity contribution is 6.09. The summed E-state index contributed by atoms with van der Waals surface area (Å²) in [6.07, 6.45) is 4.77. The number of aromatic nitrogens is 3. The molecule has 0 atom stereocenters. The van der Waals surface area contributed by atoms with Gasteiger partial charge in [0.2, 0.25) is 0 Å². The van der Waals surface area contributed by atoms with Gasteiger partial charge in [0.15, 0.2) is 0 Å². The van der Waals surface area contributed by atoms with Gasteiger partial charge in [0.25, 0.3) is 5.91 Å². The molecule has 0 aliphatic carbocycles. The summed E-state index contributed by atoms with van der Waals surface area (Å²) in [7, 11) is 1.63. The summed E-state index contributed by atoms with van der Waals surface area (Å²) >= 11 is 0. The van der Waals surface area contributed by atoms with Gasteiger partial charge in [0.1, 0.15) is 5.69 Å². The van der Waals surface area contributed by atoms with Crippen molar-refractivity contribution in [2.45, 2.75) is 0 Å². The number of carbonyl (C=O) groups excluding carboxylic acids is 1. The molecule has 4 aromatic rings. The lowest BCUT2D eigenvalue weighted by Gasteiger charge is -2.11. The topological polar surface area (TPSA) is 77.1 Å². The van der Waals surface area contributed by atoms with E-state index in [4.69, 9.17) is 0 Å². The fourth-order valence-corrected chi connectivity index (χ4v) is 2.91. The molecule has 0 saturated heterocycles. The van der Waals surface area contributed by atoms with Gasteiger partial charge < -0.3 is 9.97 Å². The number of imidazole rings is 1. The number of hydrazone groups is 1. The van der Waals surface area contributed by atoms with Gasteiger partial charge in [-0.2, -0.15) is 5.10 Å². The van der Waals surface area contributed by atoms with Crippen LogP contribution in [0.4, 0.5) is 0 Å². The molecule has 0 fully saturated rings. The van der Waals surface area contributed by atoms with E-state index in [9.17, 15) is 4.79 Å². The monoisotopic (exact) mass is 343 g/mol. The molecule has 6 nitrogen and oxygen atoms in total. The minimum Gasteiger partial charge on any atom is -0.350 e. The summed E-state index contributed by atoms with van der Waals surface area (Å²) < 4.78 is 0. The summed E-state index contributed by atoms with van der Waals surface area (Å²) in [5, 5.41) is 6.54. The number of benzene rings is 2. The van der Waals surface area contributed by atoms with E-state index < -0.39 is 0 Å². The van der Waals surface area contributed by atoms with E-state index in [1.54, 1.807) is 25.8 Å². The van der Waals surface area contributed by atoms with E-state index in [-0.39, 0.29) is 5.91 Å². The van der Waals surface area contributed by atoms with Crippen molar-refractivity contribution in [3.63, 3.8) is 0 Å². The first kappa shape index (κ1) is 15.8. The summed E-state index contributed by atoms with van der Waals surface area (Å²) in [5.74, 6) is -0.212. The van der Waals surface area contributed by atoms with Crippen molar-refractivity contribution in [1.29, 1.82) is 0 Å². The van der Waals surface area contributed by atoms with Gasteiger partial charge in [0, 0.05) is 23.5 Å². The number of nitrogens with zero attached hydrogens (tertiary/aromatic N) is 3. The van der Waals surface area contributed by atoms with E-state index >= 15 is 0 Å². The largest absolute Gasteiger partial charge is 0.350 e. The van der Waals surface area contributed by atoms with Crippen molar-refractivity contribution in [1.82, 2.24) is 20.0 Å². The molecule has 4 rings (SSSR count). The van der Waals surface area contributed by atoms with Crippen LogP contribution in [0.5, 0.6) is 0 Å². The molecule has 0 spiro atoms. The predicted molar refractivity (Wildman–Crippen MR) is 102 cm³/mol. The van der Waals surface area contributed by atoms with Crippen molar-refractivity contribution < 1.29 is 4.79 Å². The van der Waals surface area contributed by atoms with Gasteiger partial charge in [-0.25, -0.2) is 9.99 Å². The van der Waals surface area contributed by atoms with Crippen LogP contribution in [0, 0.1) is 0 Å². The number of nitrogens with one attached hydrogen (secondary N) is 2. The van der Waals surface area contributed by atoms with E-state index in [0.717, 1.165) is 27.7 Å². The number of H-pyrrole nitrogens is 2. The summed E-state index contributed by atoms with van der Waals surface area (Å²) in [4.78, 5) is 23.1. The number of aromatic amines is 2. The Morgan fingerprint density at radius 2 is 1.88 bits per heavy atom. The lowest BCUT2D eigenvalue weighted by atomic mass is 10.0. The zero-order chi connectivity index (χ0) is 17.9. The van der Waals surface area contributed by atoms with Crippen molar-refractivity contribution >= 4 is 23.0 Å². The highest BCUT2D eigenvalue weighted by atomic mass is 16.2. The highest BCUT2D eigenvalue weighted by Crippen LogP contribution is 2.32. The molecule has 2 N–H and O–H groups in total. The molecule has 0 aliphatic heterocycles. The number of hydrogen-bond donors (Lipinski definition) is 2. The average Bonchev–Trinajstić information content (AvgIpc) is 3.33. The Morgan fingerprint density at radius 1 is 1.12 bits per heavy atom. The zero-order valence-electron chi connectivity index (χ0n) is 14.2. The number of fused-ring (bicyclic) bond motifs is 1. The number of para-hydroxylation sites is 1. The fourth-order valence-electron chi connectivity index (χ4n) is 2.91. The Morgan fingerprint density at radius 3 is 2.65 bits per heavy atom. The summed E-state index contributed by atoms with van der Waals surface area (Å²) in [6.45, 7) is 0. The lowest BCUT2D eigenvalue weighted by Crippen LogP contribution is -2.22. The molecule has 0 bridgehead atoms. The first-order valence-electron chi connectivity index (χ1n) is 8.20. The van der Waals surface area contributed by atoms with Crippen LogP contribution in [0.15, 0.2) is 72.2 Å². The number of amides is 1. The van der Waals surface area contributed by atoms with Gasteiger partial charge in [-0.05, 0) is 11.6 Å². The molecule has 2 aromatic carbocycles. The lowest BCUT2D eigenvalue weighted by molar-refractivity contribution is 0.0796. The van der Waals surface area contributed by atoms with Gasteiger partial charge >= 0.3 is 0 Å². The molecule has 6 heteroatoms. The number of rotatable bonds is 4. The molecular formula is C20H17N5O. The third-order valence-corrected chi connectivity index (χ3v) is 4.17. The van der Waals surface area contributed by atoms with Crippen molar-refractivity contribution in [3.8, 4) is 11.1 Å². The Labute approximate surface area is 150 Å². The SMILES string of the molecule is CN(/N=C\c1cnc[nH]1)C(=O)c1[nH]c2ccccc2c1-c1ccccc1. The minimum atomic E-state index is -0.212. The molecule has 2 heterocycles. The molecule has 1 amide bonds. The molecular weight excluding hydrogens is 326 g/mol. The second kappa shape index (κ2) is 6.68. The fraction of sp³-hybridized carbons (Fsp3) is 0.0500. The van der Waals surface area contributed by atoms with Crippen molar-refractivity contribution in [3.05, 3.63) is 78.5 Å². The second-order valence-electron chi connectivity index (χ2n) is 5.87. The van der Waals surface area contributed by atoms with Crippen LogP contribution >= 0.6 is 0 Å². The maximum absolute atomic E-state index is 13.0. The molecule has 0 radical (unpaired) electrons. The Hall–Kier alpha value is -3.67. The number of carbonyl (C=O) groups is 1. The van der Waals surface area contributed by atoms with Gasteiger partial charge in [-0.3, -0.25) is 4.79 Å².